The van der Waals surface area contributed by atoms with Crippen molar-refractivity contribution in [3.05, 3.63) is 71.0 Å². The Hall–Kier alpha value is -3.13. The van der Waals surface area contributed by atoms with E-state index in [0.29, 0.717) is 16.5 Å². The van der Waals surface area contributed by atoms with Gasteiger partial charge in [0, 0.05) is 18.3 Å². The number of para-hydroxylation sites is 1. The molecule has 0 saturated carbocycles. The van der Waals surface area contributed by atoms with Crippen LogP contribution in [0, 0.1) is 13.8 Å². The van der Waals surface area contributed by atoms with Crippen molar-refractivity contribution < 1.29 is 9.59 Å². The van der Waals surface area contributed by atoms with Crippen LogP contribution < -0.4 is 10.6 Å². The van der Waals surface area contributed by atoms with Gasteiger partial charge in [0.25, 0.3) is 5.91 Å². The van der Waals surface area contributed by atoms with Crippen LogP contribution in [0.1, 0.15) is 27.3 Å². The van der Waals surface area contributed by atoms with Crippen molar-refractivity contribution in [3.63, 3.8) is 0 Å². The minimum Gasteiger partial charge on any atom is -0.345 e. The van der Waals surface area contributed by atoms with Crippen molar-refractivity contribution in [1.29, 1.82) is 0 Å². The van der Waals surface area contributed by atoms with Gasteiger partial charge in [0.2, 0.25) is 5.91 Å². The molecule has 0 atom stereocenters. The smallest absolute Gasteiger partial charge is 0.251 e. The molecule has 0 bridgehead atoms. The third kappa shape index (κ3) is 5.23. The Morgan fingerprint density at radius 3 is 2.41 bits per heavy atom. The molecule has 3 aromatic rings. The fourth-order valence-electron chi connectivity index (χ4n) is 2.74. The Balaban J connectivity index is 1.54. The summed E-state index contributed by atoms with van der Waals surface area (Å²) >= 11 is 1.30. The molecule has 0 saturated heterocycles. The molecular formula is C21H23N5O2S. The molecule has 0 radical (unpaired) electrons. The Kier molecular flexibility index (Phi) is 6.66. The largest absolute Gasteiger partial charge is 0.345 e. The zero-order chi connectivity index (χ0) is 20.8. The van der Waals surface area contributed by atoms with E-state index in [1.165, 1.54) is 11.8 Å². The van der Waals surface area contributed by atoms with Gasteiger partial charge in [-0.15, -0.1) is 10.2 Å². The Bertz CT molecular complexity index is 1030. The molecule has 2 amide bonds. The average Bonchev–Trinajstić information content (AvgIpc) is 3.06. The van der Waals surface area contributed by atoms with Crippen LogP contribution in [0.5, 0.6) is 0 Å². The second-order valence-electron chi connectivity index (χ2n) is 6.61. The van der Waals surface area contributed by atoms with E-state index in [9.17, 15) is 9.59 Å². The van der Waals surface area contributed by atoms with Crippen LogP contribution in [0.2, 0.25) is 0 Å². The average molecular weight is 410 g/mol. The van der Waals surface area contributed by atoms with Crippen molar-refractivity contribution in [2.45, 2.75) is 25.5 Å². The molecule has 0 aliphatic heterocycles. The predicted molar refractivity (Wildman–Crippen MR) is 114 cm³/mol. The van der Waals surface area contributed by atoms with E-state index in [-0.39, 0.29) is 24.1 Å². The van der Waals surface area contributed by atoms with E-state index in [1.807, 2.05) is 63.4 Å². The summed E-state index contributed by atoms with van der Waals surface area (Å²) in [5.74, 6) is 0.573. The van der Waals surface area contributed by atoms with Gasteiger partial charge in [-0.05, 0) is 37.1 Å². The molecule has 0 spiro atoms. The zero-order valence-electron chi connectivity index (χ0n) is 16.6. The van der Waals surface area contributed by atoms with Crippen LogP contribution >= 0.6 is 11.8 Å². The van der Waals surface area contributed by atoms with Gasteiger partial charge >= 0.3 is 0 Å². The van der Waals surface area contributed by atoms with E-state index < -0.39 is 0 Å². The molecule has 150 valence electrons. The van der Waals surface area contributed by atoms with E-state index in [0.717, 1.165) is 16.8 Å². The van der Waals surface area contributed by atoms with Gasteiger partial charge in [-0.3, -0.25) is 9.59 Å². The number of aromatic nitrogens is 3. The lowest BCUT2D eigenvalue weighted by atomic mass is 10.1. The number of hydrogen-bond acceptors (Lipinski definition) is 5. The number of benzene rings is 2. The standard InChI is InChI=1S/C21H23N5O2S/c1-14-8-4-6-10-16(14)20(28)22-12-18-24-25-21(26(18)3)29-13-19(27)23-17-11-7-5-9-15(17)2/h4-11H,12-13H2,1-3H3,(H,22,28)(H,23,27). The highest BCUT2D eigenvalue weighted by molar-refractivity contribution is 7.99. The summed E-state index contributed by atoms with van der Waals surface area (Å²) in [5.41, 5.74) is 3.36. The van der Waals surface area contributed by atoms with Crippen molar-refractivity contribution in [3.8, 4) is 0 Å². The van der Waals surface area contributed by atoms with Gasteiger partial charge < -0.3 is 15.2 Å². The molecule has 2 N–H and O–H groups in total. The number of nitrogens with one attached hydrogen (secondary N) is 2. The lowest BCUT2D eigenvalue weighted by Crippen LogP contribution is -2.25. The maximum absolute atomic E-state index is 12.3. The van der Waals surface area contributed by atoms with Crippen LogP contribution in [0.15, 0.2) is 53.7 Å². The molecule has 1 aromatic heterocycles. The summed E-state index contributed by atoms with van der Waals surface area (Å²) < 4.78 is 1.78. The second kappa shape index (κ2) is 9.38. The van der Waals surface area contributed by atoms with E-state index in [2.05, 4.69) is 20.8 Å². The van der Waals surface area contributed by atoms with Crippen molar-refractivity contribution >= 4 is 29.3 Å². The summed E-state index contributed by atoms with van der Waals surface area (Å²) in [6.07, 6.45) is 0. The molecule has 0 unspecified atom stereocenters. The number of hydrogen-bond donors (Lipinski definition) is 2. The fourth-order valence-corrected chi connectivity index (χ4v) is 3.47. The zero-order valence-corrected chi connectivity index (χ0v) is 17.4. The van der Waals surface area contributed by atoms with Gasteiger partial charge in [0.05, 0.1) is 12.3 Å². The van der Waals surface area contributed by atoms with Gasteiger partial charge in [-0.25, -0.2) is 0 Å². The summed E-state index contributed by atoms with van der Waals surface area (Å²) in [5, 5.41) is 14.6. The van der Waals surface area contributed by atoms with Crippen molar-refractivity contribution in [2.75, 3.05) is 11.1 Å². The second-order valence-corrected chi connectivity index (χ2v) is 7.55. The number of anilines is 1. The van der Waals surface area contributed by atoms with Gasteiger partial charge in [0.1, 0.15) is 0 Å². The summed E-state index contributed by atoms with van der Waals surface area (Å²) in [7, 11) is 1.82. The number of rotatable bonds is 7. The molecule has 3 rings (SSSR count). The number of carbonyl (C=O) groups excluding carboxylic acids is 2. The molecule has 8 heteroatoms. The molecule has 7 nitrogen and oxygen atoms in total. The van der Waals surface area contributed by atoms with Gasteiger partial charge in [0.15, 0.2) is 11.0 Å². The predicted octanol–water partition coefficient (Wildman–Crippen LogP) is 3.09. The maximum Gasteiger partial charge on any atom is 0.251 e. The summed E-state index contributed by atoms with van der Waals surface area (Å²) in [4.78, 5) is 24.6. The molecule has 0 fully saturated rings. The normalized spacial score (nSPS) is 10.6. The molecule has 0 aliphatic rings. The number of nitrogens with zero attached hydrogens (tertiary/aromatic N) is 3. The first kappa shape index (κ1) is 20.6. The van der Waals surface area contributed by atoms with Crippen LogP contribution in [-0.4, -0.2) is 32.3 Å². The third-order valence-corrected chi connectivity index (χ3v) is 5.49. The number of thioether (sulfide) groups is 1. The third-order valence-electron chi connectivity index (χ3n) is 4.47. The molecule has 2 aromatic carbocycles. The van der Waals surface area contributed by atoms with Crippen LogP contribution in [0.25, 0.3) is 0 Å². The highest BCUT2D eigenvalue weighted by atomic mass is 32.2. The van der Waals surface area contributed by atoms with Crippen LogP contribution in [0.3, 0.4) is 0 Å². The quantitative estimate of drug-likeness (QED) is 0.586. The molecule has 1 heterocycles. The lowest BCUT2D eigenvalue weighted by Gasteiger charge is -2.08. The van der Waals surface area contributed by atoms with E-state index in [4.69, 9.17) is 0 Å². The number of aryl methyl sites for hydroxylation is 2. The maximum atomic E-state index is 12.3. The Morgan fingerprint density at radius 1 is 1.00 bits per heavy atom. The van der Waals surface area contributed by atoms with Crippen molar-refractivity contribution in [2.24, 2.45) is 7.05 Å². The van der Waals surface area contributed by atoms with Gasteiger partial charge in [-0.1, -0.05) is 48.2 Å². The highest BCUT2D eigenvalue weighted by Crippen LogP contribution is 2.18. The molecule has 29 heavy (non-hydrogen) atoms. The minimum atomic E-state index is -0.155. The number of amides is 2. The lowest BCUT2D eigenvalue weighted by molar-refractivity contribution is -0.113. The monoisotopic (exact) mass is 409 g/mol. The van der Waals surface area contributed by atoms with E-state index >= 15 is 0 Å². The first-order valence-corrected chi connectivity index (χ1v) is 10.1. The van der Waals surface area contributed by atoms with Crippen molar-refractivity contribution in [1.82, 2.24) is 20.1 Å². The Labute approximate surface area is 173 Å². The Morgan fingerprint density at radius 2 is 1.69 bits per heavy atom. The highest BCUT2D eigenvalue weighted by Gasteiger charge is 2.14. The van der Waals surface area contributed by atoms with Crippen LogP contribution in [0.4, 0.5) is 5.69 Å². The minimum absolute atomic E-state index is 0.110. The first-order chi connectivity index (χ1) is 14.0. The number of carbonyl (C=O) groups is 2. The van der Waals surface area contributed by atoms with Gasteiger partial charge in [-0.2, -0.15) is 0 Å². The van der Waals surface area contributed by atoms with Crippen LogP contribution in [-0.2, 0) is 18.4 Å². The molecule has 0 aliphatic carbocycles. The topological polar surface area (TPSA) is 88.9 Å². The van der Waals surface area contributed by atoms with E-state index in [1.54, 1.807) is 10.6 Å². The summed E-state index contributed by atoms with van der Waals surface area (Å²) in [6, 6.07) is 15.0. The SMILES string of the molecule is Cc1ccccc1NC(=O)CSc1nnc(CNC(=O)c2ccccc2C)n1C. The summed E-state index contributed by atoms with van der Waals surface area (Å²) in [6.45, 7) is 4.10. The first-order valence-electron chi connectivity index (χ1n) is 9.16. The fraction of sp³-hybridized carbons (Fsp3) is 0.238. The molecular weight excluding hydrogens is 386 g/mol.